The zero-order valence-corrected chi connectivity index (χ0v) is 19.1. The van der Waals surface area contributed by atoms with Crippen molar-refractivity contribution in [2.24, 2.45) is 0 Å². The first-order valence-corrected chi connectivity index (χ1v) is 12.1. The van der Waals surface area contributed by atoms with Crippen molar-refractivity contribution >= 4 is 39.9 Å². The molecule has 0 aliphatic carbocycles. The van der Waals surface area contributed by atoms with Crippen LogP contribution in [0.15, 0.2) is 65.0 Å². The van der Waals surface area contributed by atoms with Gasteiger partial charge in [-0.25, -0.2) is 9.97 Å². The summed E-state index contributed by atoms with van der Waals surface area (Å²) in [6.07, 6.45) is 0. The number of benzene rings is 2. The largest absolute Gasteiger partial charge is 0.486 e. The maximum atomic E-state index is 12.9. The summed E-state index contributed by atoms with van der Waals surface area (Å²) in [7, 11) is 1.81. The Balaban J connectivity index is 1.30. The van der Waals surface area contributed by atoms with Gasteiger partial charge in [0.1, 0.15) is 18.2 Å². The molecule has 0 saturated carbocycles. The molecule has 0 atom stereocenters. The van der Waals surface area contributed by atoms with E-state index in [1.165, 1.54) is 11.8 Å². The fourth-order valence-corrected chi connectivity index (χ4v) is 5.08. The highest BCUT2D eigenvalue weighted by molar-refractivity contribution is 8.00. The Hall–Kier alpha value is -3.10. The number of thioether (sulfide) groups is 1. The molecule has 4 aromatic rings. The van der Waals surface area contributed by atoms with E-state index >= 15 is 0 Å². The first-order valence-electron chi connectivity index (χ1n) is 10.2. The Kier molecular flexibility index (Phi) is 5.96. The molecule has 2 aromatic carbocycles. The quantitative estimate of drug-likeness (QED) is 0.300. The van der Waals surface area contributed by atoms with Gasteiger partial charge in [0, 0.05) is 19.0 Å². The van der Waals surface area contributed by atoms with Crippen molar-refractivity contribution in [2.75, 3.05) is 26.0 Å². The van der Waals surface area contributed by atoms with E-state index in [4.69, 9.17) is 19.4 Å². The lowest BCUT2D eigenvalue weighted by molar-refractivity contribution is -0.127. The van der Waals surface area contributed by atoms with Crippen LogP contribution >= 0.6 is 23.1 Å². The Morgan fingerprint density at radius 3 is 2.75 bits per heavy atom. The molecule has 32 heavy (non-hydrogen) atoms. The van der Waals surface area contributed by atoms with Crippen LogP contribution in [-0.2, 0) is 11.3 Å². The number of carbonyl (C=O) groups is 1. The molecule has 1 amide bonds. The smallest absolute Gasteiger partial charge is 0.233 e. The van der Waals surface area contributed by atoms with Crippen molar-refractivity contribution in [2.45, 2.75) is 11.6 Å². The number of ether oxygens (including phenoxy) is 2. The molecule has 5 rings (SSSR count). The van der Waals surface area contributed by atoms with E-state index in [1.54, 1.807) is 16.2 Å². The lowest BCUT2D eigenvalue weighted by Gasteiger charge is -2.21. The summed E-state index contributed by atoms with van der Waals surface area (Å²) in [5.74, 6) is 2.51. The summed E-state index contributed by atoms with van der Waals surface area (Å²) in [6, 6.07) is 17.7. The summed E-state index contributed by atoms with van der Waals surface area (Å²) in [5, 5.41) is 3.79. The number of para-hydroxylation sites is 1. The van der Waals surface area contributed by atoms with E-state index in [2.05, 4.69) is 0 Å². The molecule has 0 N–H and O–H groups in total. The molecule has 8 heteroatoms. The van der Waals surface area contributed by atoms with Crippen molar-refractivity contribution in [1.82, 2.24) is 14.9 Å². The summed E-state index contributed by atoms with van der Waals surface area (Å²) in [6.45, 7) is 1.61. The molecule has 0 radical (unpaired) electrons. The number of thiophene rings is 1. The number of hydrogen-bond donors (Lipinski definition) is 0. The Morgan fingerprint density at radius 1 is 1.06 bits per heavy atom. The second-order valence-electron chi connectivity index (χ2n) is 7.36. The number of amides is 1. The van der Waals surface area contributed by atoms with Crippen LogP contribution < -0.4 is 9.47 Å². The van der Waals surface area contributed by atoms with Gasteiger partial charge in [0.2, 0.25) is 5.91 Å². The van der Waals surface area contributed by atoms with Gasteiger partial charge in [-0.3, -0.25) is 4.79 Å². The first-order chi connectivity index (χ1) is 15.7. The minimum Gasteiger partial charge on any atom is -0.486 e. The molecule has 1 aliphatic heterocycles. The molecule has 0 saturated heterocycles. The van der Waals surface area contributed by atoms with Crippen LogP contribution in [0, 0.1) is 0 Å². The van der Waals surface area contributed by atoms with Crippen LogP contribution in [0.25, 0.3) is 21.6 Å². The van der Waals surface area contributed by atoms with Gasteiger partial charge in [0.25, 0.3) is 0 Å². The van der Waals surface area contributed by atoms with Crippen LogP contribution in [0.4, 0.5) is 0 Å². The maximum absolute atomic E-state index is 12.9. The molecule has 0 bridgehead atoms. The van der Waals surface area contributed by atoms with E-state index in [-0.39, 0.29) is 5.91 Å². The average molecular weight is 464 g/mol. The third-order valence-corrected chi connectivity index (χ3v) is 6.94. The van der Waals surface area contributed by atoms with Crippen molar-refractivity contribution in [1.29, 1.82) is 0 Å². The molecule has 0 spiro atoms. The molecular formula is C24H21N3O3S2. The van der Waals surface area contributed by atoms with Gasteiger partial charge in [-0.15, -0.1) is 11.3 Å². The normalized spacial score (nSPS) is 12.7. The molecule has 2 aromatic heterocycles. The number of hydrogen-bond acceptors (Lipinski definition) is 7. The molecule has 162 valence electrons. The highest BCUT2D eigenvalue weighted by Crippen LogP contribution is 2.32. The van der Waals surface area contributed by atoms with E-state index in [0.29, 0.717) is 31.3 Å². The third kappa shape index (κ3) is 4.42. The highest BCUT2D eigenvalue weighted by Gasteiger charge is 2.16. The van der Waals surface area contributed by atoms with Gasteiger partial charge < -0.3 is 14.4 Å². The first kappa shape index (κ1) is 20.8. The fourth-order valence-electron chi connectivity index (χ4n) is 3.46. The second-order valence-corrected chi connectivity index (χ2v) is 9.28. The van der Waals surface area contributed by atoms with Gasteiger partial charge in [0.15, 0.2) is 17.3 Å². The van der Waals surface area contributed by atoms with Crippen LogP contribution in [0.5, 0.6) is 11.5 Å². The van der Waals surface area contributed by atoms with E-state index < -0.39 is 0 Å². The lowest BCUT2D eigenvalue weighted by Crippen LogP contribution is -2.28. The molecule has 6 nitrogen and oxygen atoms in total. The molecule has 0 unspecified atom stereocenters. The number of aromatic nitrogens is 2. The van der Waals surface area contributed by atoms with E-state index in [0.717, 1.165) is 37.9 Å². The van der Waals surface area contributed by atoms with Gasteiger partial charge in [-0.2, -0.15) is 0 Å². The van der Waals surface area contributed by atoms with E-state index in [9.17, 15) is 4.79 Å². The number of fused-ring (bicyclic) bond motifs is 2. The number of nitrogens with zero attached hydrogens (tertiary/aromatic N) is 3. The predicted octanol–water partition coefficient (Wildman–Crippen LogP) is 4.88. The predicted molar refractivity (Wildman–Crippen MR) is 127 cm³/mol. The zero-order valence-electron chi connectivity index (χ0n) is 17.5. The van der Waals surface area contributed by atoms with Crippen molar-refractivity contribution < 1.29 is 14.3 Å². The van der Waals surface area contributed by atoms with Crippen molar-refractivity contribution in [3.05, 3.63) is 65.5 Å². The van der Waals surface area contributed by atoms with Crippen LogP contribution in [0.1, 0.15) is 5.56 Å². The SMILES string of the molecule is CN(Cc1ccc2c(c1)OCCO2)C(=O)CSc1nc(-c2cccs2)nc2ccccc12. The minimum absolute atomic E-state index is 0.0326. The zero-order chi connectivity index (χ0) is 21.9. The molecule has 1 aliphatic rings. The van der Waals surface area contributed by atoms with Crippen molar-refractivity contribution in [3.63, 3.8) is 0 Å². The maximum Gasteiger partial charge on any atom is 0.233 e. The Morgan fingerprint density at radius 2 is 1.91 bits per heavy atom. The molecular weight excluding hydrogens is 442 g/mol. The standard InChI is InChI=1S/C24H21N3O3S2/c1-27(14-16-8-9-19-20(13-16)30-11-10-29-19)22(28)15-32-24-17-5-2-3-6-18(17)25-23(26-24)21-7-4-12-31-21/h2-9,12-13H,10-11,14-15H2,1H3. The van der Waals surface area contributed by atoms with E-state index in [1.807, 2.05) is 67.0 Å². The second kappa shape index (κ2) is 9.18. The van der Waals surface area contributed by atoms with Gasteiger partial charge in [0.05, 0.1) is 16.1 Å². The summed E-state index contributed by atoms with van der Waals surface area (Å²) in [5.41, 5.74) is 1.88. The summed E-state index contributed by atoms with van der Waals surface area (Å²) >= 11 is 3.05. The third-order valence-electron chi connectivity index (χ3n) is 5.09. The highest BCUT2D eigenvalue weighted by atomic mass is 32.2. The molecule has 0 fully saturated rings. The topological polar surface area (TPSA) is 64.6 Å². The minimum atomic E-state index is 0.0326. The van der Waals surface area contributed by atoms with Crippen LogP contribution in [-0.4, -0.2) is 46.8 Å². The fraction of sp³-hybridized carbons (Fsp3) is 0.208. The van der Waals surface area contributed by atoms with Crippen molar-refractivity contribution in [3.8, 4) is 22.2 Å². The van der Waals surface area contributed by atoms with Gasteiger partial charge >= 0.3 is 0 Å². The average Bonchev–Trinajstić information content (AvgIpc) is 3.37. The Bertz CT molecular complexity index is 1260. The van der Waals surface area contributed by atoms with Crippen LogP contribution in [0.2, 0.25) is 0 Å². The monoisotopic (exact) mass is 463 g/mol. The van der Waals surface area contributed by atoms with Gasteiger partial charge in [-0.1, -0.05) is 42.1 Å². The summed E-state index contributed by atoms with van der Waals surface area (Å²) < 4.78 is 11.2. The van der Waals surface area contributed by atoms with Crippen LogP contribution in [0.3, 0.4) is 0 Å². The Labute approximate surface area is 194 Å². The van der Waals surface area contributed by atoms with Gasteiger partial charge in [-0.05, 0) is 35.2 Å². The summed E-state index contributed by atoms with van der Waals surface area (Å²) in [4.78, 5) is 25.1. The molecule has 3 heterocycles. The lowest BCUT2D eigenvalue weighted by atomic mass is 10.2. The number of rotatable bonds is 6. The number of carbonyl (C=O) groups excluding carboxylic acids is 1.